The smallest absolute Gasteiger partial charge is 0.297 e. The van der Waals surface area contributed by atoms with Crippen LogP contribution in [0.4, 0.5) is 10.5 Å². The van der Waals surface area contributed by atoms with Crippen molar-refractivity contribution in [2.45, 2.75) is 0 Å². The number of hydrogen-bond acceptors (Lipinski definition) is 3. The van der Waals surface area contributed by atoms with Crippen molar-refractivity contribution in [2.24, 2.45) is 5.84 Å². The molecule has 5 nitrogen and oxygen atoms in total. The van der Waals surface area contributed by atoms with Crippen molar-refractivity contribution in [1.29, 1.82) is 0 Å². The summed E-state index contributed by atoms with van der Waals surface area (Å²) >= 11 is 0. The molecule has 0 aliphatic rings. The number of hydrogen-bond donors (Lipinski definition) is 4. The topological polar surface area (TPSA) is 79.2 Å². The lowest BCUT2D eigenvalue weighted by Gasteiger charge is -2.06. The van der Waals surface area contributed by atoms with Crippen LogP contribution < -0.4 is 22.1 Å². The molecule has 72 valence electrons. The maximum absolute atomic E-state index is 10.6. The maximum atomic E-state index is 10.6. The lowest BCUT2D eigenvalue weighted by atomic mass is 10.3. The average molecular weight is 203 g/mol. The van der Waals surface area contributed by atoms with Gasteiger partial charge in [0.2, 0.25) is 0 Å². The minimum Gasteiger partial charge on any atom is -0.297 e. The summed E-state index contributed by atoms with van der Waals surface area (Å²) < 4.78 is 0. The first-order valence-electron chi connectivity index (χ1n) is 3.40. The van der Waals surface area contributed by atoms with E-state index >= 15 is 0 Å². The Morgan fingerprint density at radius 3 is 2.38 bits per heavy atom. The van der Waals surface area contributed by atoms with Crippen LogP contribution in [-0.4, -0.2) is 6.03 Å². The van der Waals surface area contributed by atoms with Gasteiger partial charge in [-0.15, -0.1) is 12.4 Å². The lowest BCUT2D eigenvalue weighted by molar-refractivity contribution is 0.243. The van der Waals surface area contributed by atoms with E-state index in [0.717, 1.165) is 5.69 Å². The average Bonchev–Trinajstić information content (AvgIpc) is 2.16. The van der Waals surface area contributed by atoms with Crippen molar-refractivity contribution in [2.75, 3.05) is 5.43 Å². The van der Waals surface area contributed by atoms with Crippen molar-refractivity contribution < 1.29 is 4.79 Å². The molecule has 6 heteroatoms. The van der Waals surface area contributed by atoms with Crippen LogP contribution in [0.3, 0.4) is 0 Å². The molecule has 13 heavy (non-hydrogen) atoms. The molecule has 0 aromatic heterocycles. The zero-order valence-corrected chi connectivity index (χ0v) is 7.60. The molecule has 0 aliphatic carbocycles. The molecule has 0 saturated heterocycles. The SMILES string of the molecule is Cl.NNC(=O)NNc1ccccc1. The summed E-state index contributed by atoms with van der Waals surface area (Å²) in [6.45, 7) is 0. The van der Waals surface area contributed by atoms with Crippen LogP contribution in [0.5, 0.6) is 0 Å². The fourth-order valence-electron chi connectivity index (χ4n) is 0.687. The monoisotopic (exact) mass is 202 g/mol. The first-order valence-corrected chi connectivity index (χ1v) is 3.40. The molecule has 0 fully saturated rings. The number of anilines is 1. The van der Waals surface area contributed by atoms with E-state index < -0.39 is 6.03 Å². The third kappa shape index (κ3) is 4.19. The number of nitrogens with one attached hydrogen (secondary N) is 3. The summed E-state index contributed by atoms with van der Waals surface area (Å²) in [7, 11) is 0. The highest BCUT2D eigenvalue weighted by Gasteiger charge is 1.93. The number of urea groups is 1. The normalized spacial score (nSPS) is 8.08. The van der Waals surface area contributed by atoms with Gasteiger partial charge in [0, 0.05) is 0 Å². The van der Waals surface area contributed by atoms with Crippen LogP contribution >= 0.6 is 12.4 Å². The van der Waals surface area contributed by atoms with E-state index in [9.17, 15) is 4.79 Å². The molecule has 0 unspecified atom stereocenters. The molecule has 0 bridgehead atoms. The van der Waals surface area contributed by atoms with Crippen LogP contribution in [-0.2, 0) is 0 Å². The quantitative estimate of drug-likeness (QED) is 0.322. The van der Waals surface area contributed by atoms with Crippen molar-refractivity contribution in [1.82, 2.24) is 10.9 Å². The highest BCUT2D eigenvalue weighted by Crippen LogP contribution is 2.01. The largest absolute Gasteiger partial charge is 0.347 e. The second-order valence-electron chi connectivity index (χ2n) is 2.09. The minimum atomic E-state index is -0.487. The van der Waals surface area contributed by atoms with Crippen LogP contribution in [0, 0.1) is 0 Å². The number of nitrogens with two attached hydrogens (primary N) is 1. The van der Waals surface area contributed by atoms with E-state index in [-0.39, 0.29) is 12.4 Å². The highest BCUT2D eigenvalue weighted by molar-refractivity contribution is 5.85. The zero-order valence-electron chi connectivity index (χ0n) is 6.78. The number of carbonyl (C=O) groups is 1. The summed E-state index contributed by atoms with van der Waals surface area (Å²) in [5.41, 5.74) is 7.69. The van der Waals surface area contributed by atoms with Gasteiger partial charge in [-0.3, -0.25) is 16.3 Å². The summed E-state index contributed by atoms with van der Waals surface area (Å²) in [5, 5.41) is 0. The van der Waals surface area contributed by atoms with Gasteiger partial charge in [0.25, 0.3) is 0 Å². The van der Waals surface area contributed by atoms with E-state index in [0.29, 0.717) is 0 Å². The van der Waals surface area contributed by atoms with Crippen molar-refractivity contribution in [3.63, 3.8) is 0 Å². The molecule has 0 atom stereocenters. The van der Waals surface area contributed by atoms with Gasteiger partial charge in [-0.1, -0.05) is 18.2 Å². The molecule has 1 aromatic rings. The van der Waals surface area contributed by atoms with Gasteiger partial charge in [0.15, 0.2) is 0 Å². The standard InChI is InChI=1S/C7H10N4O.ClH/c8-9-7(12)11-10-6-4-2-1-3-5-6;/h1-5,10H,8H2,(H2,9,11,12);1H. The van der Waals surface area contributed by atoms with Gasteiger partial charge >= 0.3 is 6.03 Å². The number of carbonyl (C=O) groups excluding carboxylic acids is 1. The van der Waals surface area contributed by atoms with Gasteiger partial charge in [0.1, 0.15) is 0 Å². The maximum Gasteiger partial charge on any atom is 0.347 e. The Labute approximate surface area is 82.0 Å². The van der Waals surface area contributed by atoms with Gasteiger partial charge in [0.05, 0.1) is 5.69 Å². The summed E-state index contributed by atoms with van der Waals surface area (Å²) in [6, 6.07) is 8.73. The molecule has 5 N–H and O–H groups in total. The molecule has 1 aromatic carbocycles. The van der Waals surface area contributed by atoms with Crippen LogP contribution in [0.2, 0.25) is 0 Å². The second-order valence-corrected chi connectivity index (χ2v) is 2.09. The molecule has 0 saturated carbocycles. The predicted octanol–water partition coefficient (Wildman–Crippen LogP) is 0.608. The van der Waals surface area contributed by atoms with Crippen LogP contribution in [0.1, 0.15) is 0 Å². The van der Waals surface area contributed by atoms with Gasteiger partial charge in [-0.25, -0.2) is 10.6 Å². The van der Waals surface area contributed by atoms with E-state index in [4.69, 9.17) is 5.84 Å². The van der Waals surface area contributed by atoms with Gasteiger partial charge in [-0.05, 0) is 12.1 Å². The first kappa shape index (κ1) is 11.5. The van der Waals surface area contributed by atoms with Crippen molar-refractivity contribution in [3.8, 4) is 0 Å². The van der Waals surface area contributed by atoms with E-state index in [1.165, 1.54) is 0 Å². The second kappa shape index (κ2) is 6.10. The zero-order chi connectivity index (χ0) is 8.81. The summed E-state index contributed by atoms with van der Waals surface area (Å²) in [5.74, 6) is 4.83. The lowest BCUT2D eigenvalue weighted by Crippen LogP contribution is -2.42. The Morgan fingerprint density at radius 2 is 1.85 bits per heavy atom. The summed E-state index contributed by atoms with van der Waals surface area (Å²) in [6.07, 6.45) is 0. The Hall–Kier alpha value is -1.46. The Balaban J connectivity index is 0.00000144. The molecule has 0 aliphatic heterocycles. The Morgan fingerprint density at radius 1 is 1.23 bits per heavy atom. The van der Waals surface area contributed by atoms with Crippen molar-refractivity contribution >= 4 is 24.1 Å². The van der Waals surface area contributed by atoms with Crippen LogP contribution in [0.25, 0.3) is 0 Å². The highest BCUT2D eigenvalue weighted by atomic mass is 35.5. The molecule has 0 spiro atoms. The number of rotatable bonds is 2. The summed E-state index contributed by atoms with van der Waals surface area (Å²) in [4.78, 5) is 10.6. The molecule has 0 radical (unpaired) electrons. The molecule has 1 rings (SSSR count). The fourth-order valence-corrected chi connectivity index (χ4v) is 0.687. The Bertz CT molecular complexity index is 254. The minimum absolute atomic E-state index is 0. The van der Waals surface area contributed by atoms with E-state index in [1.807, 2.05) is 35.8 Å². The molecular weight excluding hydrogens is 192 g/mol. The number of para-hydroxylation sites is 1. The Kier molecular flexibility index (Phi) is 5.42. The number of halogens is 1. The number of benzene rings is 1. The fraction of sp³-hybridized carbons (Fsp3) is 0. The predicted molar refractivity (Wildman–Crippen MR) is 53.2 cm³/mol. The molecule has 0 heterocycles. The number of amides is 2. The van der Waals surface area contributed by atoms with Crippen molar-refractivity contribution in [3.05, 3.63) is 30.3 Å². The van der Waals surface area contributed by atoms with E-state index in [1.54, 1.807) is 0 Å². The molecule has 2 amide bonds. The van der Waals surface area contributed by atoms with Gasteiger partial charge in [-0.2, -0.15) is 0 Å². The van der Waals surface area contributed by atoms with Crippen LogP contribution in [0.15, 0.2) is 30.3 Å². The third-order valence-electron chi connectivity index (χ3n) is 1.23. The molecular formula is C7H11ClN4O. The van der Waals surface area contributed by atoms with E-state index in [2.05, 4.69) is 10.9 Å². The number of hydrazine groups is 2. The van der Waals surface area contributed by atoms with Gasteiger partial charge < -0.3 is 0 Å². The third-order valence-corrected chi connectivity index (χ3v) is 1.23. The first-order chi connectivity index (χ1) is 5.83.